The van der Waals surface area contributed by atoms with Crippen LogP contribution in [0.1, 0.15) is 22.2 Å². The summed E-state index contributed by atoms with van der Waals surface area (Å²) in [6.07, 6.45) is -0.119. The molecule has 1 amide bonds. The number of nitrogens with zero attached hydrogens (tertiary/aromatic N) is 1. The number of furan rings is 1. The van der Waals surface area contributed by atoms with Crippen LogP contribution in [0.25, 0.3) is 11.3 Å². The van der Waals surface area contributed by atoms with Crippen molar-refractivity contribution in [1.82, 2.24) is 4.90 Å². The molecule has 5 heteroatoms. The molecule has 0 radical (unpaired) electrons. The number of morpholine rings is 1. The van der Waals surface area contributed by atoms with Crippen LogP contribution >= 0.6 is 11.6 Å². The zero-order valence-electron chi connectivity index (χ0n) is 14.1. The number of carbonyl (C=O) groups excluding carboxylic acids is 1. The van der Waals surface area contributed by atoms with E-state index in [0.29, 0.717) is 36.2 Å². The van der Waals surface area contributed by atoms with Gasteiger partial charge >= 0.3 is 0 Å². The lowest BCUT2D eigenvalue weighted by Gasteiger charge is -2.32. The van der Waals surface area contributed by atoms with Crippen LogP contribution in [0.5, 0.6) is 0 Å². The molecule has 2 aromatic carbocycles. The molecular weight excluding hydrogens is 350 g/mol. The first-order valence-electron chi connectivity index (χ1n) is 8.53. The van der Waals surface area contributed by atoms with E-state index in [0.717, 1.165) is 11.1 Å². The van der Waals surface area contributed by atoms with Crippen molar-refractivity contribution in [1.29, 1.82) is 0 Å². The zero-order valence-corrected chi connectivity index (χ0v) is 14.9. The van der Waals surface area contributed by atoms with Gasteiger partial charge in [-0.05, 0) is 29.8 Å². The van der Waals surface area contributed by atoms with Gasteiger partial charge in [-0.1, -0.05) is 54.1 Å². The first-order chi connectivity index (χ1) is 12.7. The number of benzene rings is 2. The third-order valence-corrected chi connectivity index (χ3v) is 4.81. The molecule has 1 aliphatic rings. The third kappa shape index (κ3) is 3.39. The molecule has 3 aromatic rings. The minimum absolute atomic E-state index is 0.119. The Labute approximate surface area is 156 Å². The number of ether oxygens (including phenoxy) is 1. The third-order valence-electron chi connectivity index (χ3n) is 4.48. The highest BCUT2D eigenvalue weighted by atomic mass is 35.5. The summed E-state index contributed by atoms with van der Waals surface area (Å²) in [6.45, 7) is 1.55. The zero-order chi connectivity index (χ0) is 17.9. The van der Waals surface area contributed by atoms with Crippen LogP contribution in [-0.2, 0) is 4.74 Å². The maximum absolute atomic E-state index is 12.8. The Bertz CT molecular complexity index is 906. The molecule has 132 valence electrons. The normalized spacial score (nSPS) is 17.3. The number of carbonyl (C=O) groups is 1. The van der Waals surface area contributed by atoms with Gasteiger partial charge in [0.25, 0.3) is 5.91 Å². The second-order valence-electron chi connectivity index (χ2n) is 6.17. The molecule has 1 aliphatic heterocycles. The lowest BCUT2D eigenvalue weighted by molar-refractivity contribution is -0.0237. The van der Waals surface area contributed by atoms with E-state index in [-0.39, 0.29) is 12.0 Å². The Morgan fingerprint density at radius 3 is 2.58 bits per heavy atom. The van der Waals surface area contributed by atoms with Crippen LogP contribution in [0.15, 0.2) is 71.1 Å². The predicted molar refractivity (Wildman–Crippen MR) is 100 cm³/mol. The molecule has 1 aromatic heterocycles. The number of hydrogen-bond donors (Lipinski definition) is 0. The van der Waals surface area contributed by atoms with Gasteiger partial charge in [-0.15, -0.1) is 0 Å². The quantitative estimate of drug-likeness (QED) is 0.667. The molecule has 1 fully saturated rings. The molecule has 4 nitrogen and oxygen atoms in total. The number of hydrogen-bond acceptors (Lipinski definition) is 3. The molecule has 1 saturated heterocycles. The summed E-state index contributed by atoms with van der Waals surface area (Å²) >= 11 is 6.21. The molecule has 1 atom stereocenters. The van der Waals surface area contributed by atoms with Gasteiger partial charge in [-0.2, -0.15) is 0 Å². The second kappa shape index (κ2) is 7.36. The Balaban J connectivity index is 1.52. The molecule has 4 rings (SSSR count). The van der Waals surface area contributed by atoms with E-state index in [9.17, 15) is 4.79 Å². The van der Waals surface area contributed by atoms with Gasteiger partial charge in [0.15, 0.2) is 5.76 Å². The molecule has 0 aliphatic carbocycles. The molecule has 0 saturated carbocycles. The first kappa shape index (κ1) is 16.9. The lowest BCUT2D eigenvalue weighted by atomic mass is 10.1. The van der Waals surface area contributed by atoms with Crippen molar-refractivity contribution < 1.29 is 13.9 Å². The van der Waals surface area contributed by atoms with Crippen LogP contribution in [0.2, 0.25) is 5.02 Å². The fourth-order valence-corrected chi connectivity index (χ4v) is 3.35. The fourth-order valence-electron chi connectivity index (χ4n) is 3.12. The fraction of sp³-hybridized carbons (Fsp3) is 0.190. The average Bonchev–Trinajstić information content (AvgIpc) is 3.18. The van der Waals surface area contributed by atoms with Crippen molar-refractivity contribution in [3.63, 3.8) is 0 Å². The number of rotatable bonds is 3. The van der Waals surface area contributed by atoms with E-state index in [1.54, 1.807) is 23.1 Å². The Hall–Kier alpha value is -2.56. The lowest BCUT2D eigenvalue weighted by Crippen LogP contribution is -2.42. The summed E-state index contributed by atoms with van der Waals surface area (Å²) in [7, 11) is 0. The summed E-state index contributed by atoms with van der Waals surface area (Å²) in [5.74, 6) is 0.771. The summed E-state index contributed by atoms with van der Waals surface area (Å²) in [5.41, 5.74) is 1.85. The molecule has 0 unspecified atom stereocenters. The smallest absolute Gasteiger partial charge is 0.289 e. The Morgan fingerprint density at radius 1 is 1.00 bits per heavy atom. The minimum Gasteiger partial charge on any atom is -0.451 e. The van der Waals surface area contributed by atoms with Gasteiger partial charge < -0.3 is 14.1 Å². The van der Waals surface area contributed by atoms with Crippen LogP contribution in [0.3, 0.4) is 0 Å². The summed E-state index contributed by atoms with van der Waals surface area (Å²) in [4.78, 5) is 14.6. The van der Waals surface area contributed by atoms with E-state index in [1.165, 1.54) is 0 Å². The van der Waals surface area contributed by atoms with Gasteiger partial charge in [0, 0.05) is 12.1 Å². The van der Waals surface area contributed by atoms with E-state index in [1.807, 2.05) is 48.5 Å². The van der Waals surface area contributed by atoms with Crippen LogP contribution in [0.4, 0.5) is 0 Å². The molecule has 2 heterocycles. The molecule has 0 spiro atoms. The highest BCUT2D eigenvalue weighted by molar-refractivity contribution is 6.33. The minimum atomic E-state index is -0.132. The second-order valence-corrected chi connectivity index (χ2v) is 6.57. The van der Waals surface area contributed by atoms with Crippen molar-refractivity contribution in [2.75, 3.05) is 19.7 Å². The van der Waals surface area contributed by atoms with E-state index in [2.05, 4.69) is 0 Å². The van der Waals surface area contributed by atoms with Gasteiger partial charge in [0.2, 0.25) is 0 Å². The van der Waals surface area contributed by atoms with Gasteiger partial charge in [0.05, 0.1) is 18.2 Å². The predicted octanol–water partition coefficient (Wildman–Crippen LogP) is 4.81. The standard InChI is InChI=1S/C21H18ClNO3/c22-17-9-5-4-8-16(17)18-10-11-19(26-18)21(24)23-12-13-25-20(14-23)15-6-2-1-3-7-15/h1-11,20H,12-14H2/t20-/m1/s1. The van der Waals surface area contributed by atoms with Crippen molar-refractivity contribution in [2.24, 2.45) is 0 Å². The topological polar surface area (TPSA) is 42.7 Å². The van der Waals surface area contributed by atoms with Crippen molar-refractivity contribution in [3.8, 4) is 11.3 Å². The number of halogens is 1. The van der Waals surface area contributed by atoms with Crippen molar-refractivity contribution in [3.05, 3.63) is 83.1 Å². The van der Waals surface area contributed by atoms with Gasteiger partial charge in [-0.3, -0.25) is 4.79 Å². The average molecular weight is 368 g/mol. The Morgan fingerprint density at radius 2 is 1.77 bits per heavy atom. The number of amides is 1. The monoisotopic (exact) mass is 367 g/mol. The highest BCUT2D eigenvalue weighted by Crippen LogP contribution is 2.30. The summed E-state index contributed by atoms with van der Waals surface area (Å²) in [6, 6.07) is 20.8. The Kier molecular flexibility index (Phi) is 4.78. The molecule has 0 N–H and O–H groups in total. The van der Waals surface area contributed by atoms with Gasteiger partial charge in [-0.25, -0.2) is 0 Å². The molecule has 0 bridgehead atoms. The summed E-state index contributed by atoms with van der Waals surface area (Å²) < 4.78 is 11.6. The van der Waals surface area contributed by atoms with E-state index < -0.39 is 0 Å². The van der Waals surface area contributed by atoms with Crippen molar-refractivity contribution in [2.45, 2.75) is 6.10 Å². The summed E-state index contributed by atoms with van der Waals surface area (Å²) in [5, 5.41) is 0.594. The van der Waals surface area contributed by atoms with E-state index in [4.69, 9.17) is 20.8 Å². The maximum Gasteiger partial charge on any atom is 0.289 e. The van der Waals surface area contributed by atoms with Crippen LogP contribution < -0.4 is 0 Å². The van der Waals surface area contributed by atoms with E-state index >= 15 is 0 Å². The SMILES string of the molecule is O=C(c1ccc(-c2ccccc2Cl)o1)N1CCO[C@@H](c2ccccc2)C1. The highest BCUT2D eigenvalue weighted by Gasteiger charge is 2.27. The maximum atomic E-state index is 12.8. The van der Waals surface area contributed by atoms with Gasteiger partial charge in [0.1, 0.15) is 11.9 Å². The first-order valence-corrected chi connectivity index (χ1v) is 8.91. The molecular formula is C21H18ClNO3. The van der Waals surface area contributed by atoms with Crippen molar-refractivity contribution >= 4 is 17.5 Å². The molecule has 26 heavy (non-hydrogen) atoms. The largest absolute Gasteiger partial charge is 0.451 e. The van der Waals surface area contributed by atoms with Crippen LogP contribution in [0, 0.1) is 0 Å². The van der Waals surface area contributed by atoms with Crippen LogP contribution in [-0.4, -0.2) is 30.5 Å².